The Bertz CT molecular complexity index is 698. The number of hydrogen-bond donors (Lipinski definition) is 0. The van der Waals surface area contributed by atoms with Crippen molar-refractivity contribution in [3.63, 3.8) is 0 Å². The molecule has 0 fully saturated rings. The largest absolute Gasteiger partial charge is 0.258 e. The minimum absolute atomic E-state index is 0.623. The van der Waals surface area contributed by atoms with E-state index < -0.39 is 8.07 Å². The fourth-order valence-electron chi connectivity index (χ4n) is 3.66. The van der Waals surface area contributed by atoms with Gasteiger partial charge in [-0.2, -0.15) is 0 Å². The van der Waals surface area contributed by atoms with E-state index in [4.69, 9.17) is 11.6 Å². The maximum atomic E-state index is 6.11. The van der Waals surface area contributed by atoms with Crippen molar-refractivity contribution in [1.29, 1.82) is 0 Å². The summed E-state index contributed by atoms with van der Waals surface area (Å²) in [5.74, 6) is 0. The first-order valence-corrected chi connectivity index (χ1v) is 10.6. The molecule has 118 valence electrons. The van der Waals surface area contributed by atoms with Crippen LogP contribution in [0.25, 0.3) is 11.0 Å². The lowest BCUT2D eigenvalue weighted by Gasteiger charge is -2.37. The van der Waals surface area contributed by atoms with Crippen LogP contribution >= 0.6 is 11.6 Å². The van der Waals surface area contributed by atoms with Crippen molar-refractivity contribution in [3.8, 4) is 11.6 Å². The first-order valence-electron chi connectivity index (χ1n) is 7.94. The standard InChI is InChI=1S/C18H25ClN2Si/c1-13(2)22(14(3)4,15(5)6)10-9-21-12-20-17-8-7-16(19)11-18(17)21/h7-8,11-15H,1-6H3. The zero-order valence-corrected chi connectivity index (χ0v) is 16.1. The summed E-state index contributed by atoms with van der Waals surface area (Å²) in [5, 5.41) is 0.719. The van der Waals surface area contributed by atoms with E-state index in [0.29, 0.717) is 16.6 Å². The topological polar surface area (TPSA) is 17.8 Å². The van der Waals surface area contributed by atoms with E-state index in [0.717, 1.165) is 16.1 Å². The van der Waals surface area contributed by atoms with Crippen LogP contribution in [0.1, 0.15) is 41.5 Å². The van der Waals surface area contributed by atoms with E-state index in [9.17, 15) is 0 Å². The molecular formula is C18H25ClN2Si. The second kappa shape index (κ2) is 6.48. The van der Waals surface area contributed by atoms with E-state index in [1.54, 1.807) is 6.33 Å². The van der Waals surface area contributed by atoms with E-state index >= 15 is 0 Å². The second-order valence-electron chi connectivity index (χ2n) is 6.88. The molecule has 0 N–H and O–H groups in total. The Hall–Kier alpha value is -1.24. The molecule has 1 aromatic heterocycles. The summed E-state index contributed by atoms with van der Waals surface area (Å²) >= 11 is 6.11. The summed E-state index contributed by atoms with van der Waals surface area (Å²) in [7, 11) is -1.73. The van der Waals surface area contributed by atoms with Gasteiger partial charge in [0.25, 0.3) is 0 Å². The quantitative estimate of drug-likeness (QED) is 0.519. The lowest BCUT2D eigenvalue weighted by atomic mass is 10.3. The third-order valence-corrected chi connectivity index (χ3v) is 11.3. The Morgan fingerprint density at radius 2 is 1.64 bits per heavy atom. The van der Waals surface area contributed by atoms with E-state index in [1.165, 1.54) is 0 Å². The van der Waals surface area contributed by atoms with Gasteiger partial charge in [-0.05, 0) is 34.8 Å². The summed E-state index contributed by atoms with van der Waals surface area (Å²) < 4.78 is 1.93. The van der Waals surface area contributed by atoms with Crippen LogP contribution in [-0.2, 0) is 0 Å². The zero-order chi connectivity index (χ0) is 16.5. The van der Waals surface area contributed by atoms with Crippen LogP contribution in [0.5, 0.6) is 0 Å². The number of benzene rings is 1. The first-order chi connectivity index (χ1) is 10.3. The van der Waals surface area contributed by atoms with Gasteiger partial charge in [0.05, 0.1) is 11.0 Å². The van der Waals surface area contributed by atoms with Gasteiger partial charge < -0.3 is 0 Å². The Morgan fingerprint density at radius 3 is 2.18 bits per heavy atom. The van der Waals surface area contributed by atoms with Gasteiger partial charge in [-0.3, -0.25) is 4.57 Å². The third kappa shape index (κ3) is 2.95. The number of imidazole rings is 1. The van der Waals surface area contributed by atoms with Crippen LogP contribution in [-0.4, -0.2) is 17.6 Å². The molecule has 0 radical (unpaired) electrons. The molecule has 0 unspecified atom stereocenters. The van der Waals surface area contributed by atoms with Gasteiger partial charge in [-0.1, -0.05) is 53.1 Å². The highest BCUT2D eigenvalue weighted by atomic mass is 35.5. The zero-order valence-electron chi connectivity index (χ0n) is 14.3. The summed E-state index contributed by atoms with van der Waals surface area (Å²) in [5.41, 5.74) is 7.51. The molecule has 0 aliphatic rings. The molecule has 0 saturated heterocycles. The highest BCUT2D eigenvalue weighted by Gasteiger charge is 2.41. The Kier molecular flexibility index (Phi) is 5.04. The van der Waals surface area contributed by atoms with Crippen LogP contribution in [0.3, 0.4) is 0 Å². The minimum Gasteiger partial charge on any atom is -0.258 e. The second-order valence-corrected chi connectivity index (χ2v) is 12.9. The number of aromatic nitrogens is 2. The summed E-state index contributed by atoms with van der Waals surface area (Å²) in [4.78, 5) is 4.41. The van der Waals surface area contributed by atoms with Gasteiger partial charge in [0.1, 0.15) is 14.4 Å². The van der Waals surface area contributed by atoms with Crippen molar-refractivity contribution in [1.82, 2.24) is 9.55 Å². The van der Waals surface area contributed by atoms with E-state index in [1.807, 2.05) is 22.8 Å². The Labute approximate surface area is 139 Å². The summed E-state index contributed by atoms with van der Waals surface area (Å²) in [6.07, 6.45) is 1.80. The van der Waals surface area contributed by atoms with Crippen LogP contribution < -0.4 is 0 Å². The third-order valence-electron chi connectivity index (χ3n) is 4.77. The number of halogens is 1. The lowest BCUT2D eigenvalue weighted by Crippen LogP contribution is -2.43. The molecule has 0 atom stereocenters. The molecule has 0 aliphatic heterocycles. The smallest absolute Gasteiger partial charge is 0.148 e. The van der Waals surface area contributed by atoms with Crippen LogP contribution in [0.15, 0.2) is 24.5 Å². The van der Waals surface area contributed by atoms with Crippen LogP contribution in [0, 0.1) is 11.6 Å². The average molecular weight is 333 g/mol. The van der Waals surface area contributed by atoms with Gasteiger partial charge in [0, 0.05) is 11.1 Å². The molecule has 2 rings (SSSR count). The number of fused-ring (bicyclic) bond motifs is 1. The highest BCUT2D eigenvalue weighted by molar-refractivity contribution is 6.90. The summed E-state index contributed by atoms with van der Waals surface area (Å²) in [6, 6.07) is 9.12. The van der Waals surface area contributed by atoms with Crippen molar-refractivity contribution in [2.45, 2.75) is 58.2 Å². The minimum atomic E-state index is -1.73. The van der Waals surface area contributed by atoms with Gasteiger partial charge in [-0.15, -0.1) is 5.54 Å². The molecule has 0 amide bonds. The fourth-order valence-corrected chi connectivity index (χ4v) is 9.01. The lowest BCUT2D eigenvalue weighted by molar-refractivity contribution is 0.838. The maximum absolute atomic E-state index is 6.11. The number of rotatable bonds is 3. The van der Waals surface area contributed by atoms with Gasteiger partial charge in [0.15, 0.2) is 0 Å². The molecule has 0 aliphatic carbocycles. The molecule has 0 bridgehead atoms. The molecule has 2 nitrogen and oxygen atoms in total. The summed E-state index contributed by atoms with van der Waals surface area (Å²) in [6.45, 7) is 13.9. The molecule has 0 saturated carbocycles. The molecule has 22 heavy (non-hydrogen) atoms. The predicted molar refractivity (Wildman–Crippen MR) is 99.0 cm³/mol. The monoisotopic (exact) mass is 332 g/mol. The average Bonchev–Trinajstić information content (AvgIpc) is 2.80. The molecule has 1 heterocycles. The van der Waals surface area contributed by atoms with Crippen molar-refractivity contribution >= 4 is 30.7 Å². The van der Waals surface area contributed by atoms with Crippen molar-refractivity contribution in [2.75, 3.05) is 0 Å². The Balaban J connectivity index is 2.55. The van der Waals surface area contributed by atoms with Crippen molar-refractivity contribution in [2.24, 2.45) is 0 Å². The number of nitrogens with zero attached hydrogens (tertiary/aromatic N) is 2. The molecular weight excluding hydrogens is 308 g/mol. The van der Waals surface area contributed by atoms with E-state index in [2.05, 4.69) is 58.1 Å². The predicted octanol–water partition coefficient (Wildman–Crippen LogP) is 5.72. The van der Waals surface area contributed by atoms with E-state index in [-0.39, 0.29) is 0 Å². The van der Waals surface area contributed by atoms with Crippen molar-refractivity contribution < 1.29 is 0 Å². The number of hydrogen-bond acceptors (Lipinski definition) is 1. The Morgan fingerprint density at radius 1 is 1.05 bits per heavy atom. The normalized spacial score (nSPS) is 12.3. The highest BCUT2D eigenvalue weighted by Crippen LogP contribution is 2.40. The van der Waals surface area contributed by atoms with Crippen molar-refractivity contribution in [3.05, 3.63) is 29.5 Å². The molecule has 2 aromatic rings. The van der Waals surface area contributed by atoms with Crippen LogP contribution in [0.4, 0.5) is 0 Å². The SMILES string of the molecule is CC(C)[Si](C#Cn1cnc2ccc(Cl)cc21)(C(C)C)C(C)C. The molecule has 0 spiro atoms. The molecule has 4 heteroatoms. The fraction of sp³-hybridized carbons (Fsp3) is 0.500. The maximum Gasteiger partial charge on any atom is 0.148 e. The first kappa shape index (κ1) is 17.1. The van der Waals surface area contributed by atoms with Gasteiger partial charge in [-0.25, -0.2) is 4.98 Å². The van der Waals surface area contributed by atoms with Gasteiger partial charge in [0.2, 0.25) is 0 Å². The van der Waals surface area contributed by atoms with Gasteiger partial charge >= 0.3 is 0 Å². The molecule has 1 aromatic carbocycles. The van der Waals surface area contributed by atoms with Crippen LogP contribution in [0.2, 0.25) is 21.6 Å².